The van der Waals surface area contributed by atoms with Crippen molar-refractivity contribution in [2.24, 2.45) is 0 Å². The van der Waals surface area contributed by atoms with Gasteiger partial charge in [-0.15, -0.1) is 0 Å². The number of rotatable bonds is 5. The van der Waals surface area contributed by atoms with Crippen LogP contribution in [0.2, 0.25) is 5.02 Å². The zero-order chi connectivity index (χ0) is 15.5. The molecule has 0 atom stereocenters. The third-order valence-electron chi connectivity index (χ3n) is 3.59. The first kappa shape index (κ1) is 15.9. The Hall–Kier alpha value is -1.49. The van der Waals surface area contributed by atoms with E-state index in [0.29, 0.717) is 0 Å². The van der Waals surface area contributed by atoms with Crippen LogP contribution in [0.3, 0.4) is 0 Å². The molecule has 0 unspecified atom stereocenters. The third kappa shape index (κ3) is 3.23. The summed E-state index contributed by atoms with van der Waals surface area (Å²) in [6.07, 6.45) is -0.0378. The molecule has 2 N–H and O–H groups in total. The molecule has 2 aromatic carbocycles. The van der Waals surface area contributed by atoms with Crippen molar-refractivity contribution < 1.29 is 19.0 Å². The van der Waals surface area contributed by atoms with Crippen LogP contribution in [0.15, 0.2) is 42.5 Å². The second kappa shape index (κ2) is 6.52. The van der Waals surface area contributed by atoms with Gasteiger partial charge in [0.1, 0.15) is 11.6 Å². The Balaban J connectivity index is 2.46. The molecule has 2 aromatic rings. The Bertz CT molecular complexity index is 627. The number of aliphatic hydroxyl groups is 2. The fourth-order valence-electron chi connectivity index (χ4n) is 2.35. The Morgan fingerprint density at radius 3 is 2.19 bits per heavy atom. The molecule has 0 saturated carbocycles. The molecule has 0 spiro atoms. The van der Waals surface area contributed by atoms with Gasteiger partial charge in [-0.2, -0.15) is 0 Å². The maximum absolute atomic E-state index is 14.0. The zero-order valence-electron chi connectivity index (χ0n) is 11.2. The van der Waals surface area contributed by atoms with E-state index in [1.54, 1.807) is 6.07 Å². The maximum atomic E-state index is 14.0. The van der Waals surface area contributed by atoms with E-state index in [0.717, 1.165) is 6.07 Å². The topological polar surface area (TPSA) is 40.5 Å². The predicted molar refractivity (Wildman–Crippen MR) is 77.4 cm³/mol. The van der Waals surface area contributed by atoms with E-state index in [2.05, 4.69) is 0 Å². The van der Waals surface area contributed by atoms with Crippen LogP contribution in [0.1, 0.15) is 11.1 Å². The molecule has 0 heterocycles. The summed E-state index contributed by atoms with van der Waals surface area (Å²) < 4.78 is 27.9. The molecule has 0 radical (unpaired) electrons. The summed E-state index contributed by atoms with van der Waals surface area (Å²) in [6, 6.07) is 9.98. The van der Waals surface area contributed by atoms with Gasteiger partial charge in [0.15, 0.2) is 0 Å². The van der Waals surface area contributed by atoms with Crippen molar-refractivity contribution in [3.8, 4) is 0 Å². The second-order valence-corrected chi connectivity index (χ2v) is 5.43. The minimum Gasteiger partial charge on any atom is -0.395 e. The summed E-state index contributed by atoms with van der Waals surface area (Å²) in [7, 11) is 0. The maximum Gasteiger partial charge on any atom is 0.127 e. The Morgan fingerprint density at radius 1 is 0.952 bits per heavy atom. The summed E-state index contributed by atoms with van der Waals surface area (Å²) >= 11 is 5.70. The Labute approximate surface area is 126 Å². The van der Waals surface area contributed by atoms with Crippen molar-refractivity contribution in [3.63, 3.8) is 0 Å². The molecule has 0 amide bonds. The first-order chi connectivity index (χ1) is 10.0. The fourth-order valence-corrected chi connectivity index (χ4v) is 2.51. The first-order valence-electron chi connectivity index (χ1n) is 6.43. The van der Waals surface area contributed by atoms with E-state index in [-0.39, 0.29) is 22.6 Å². The molecular formula is C16H15ClF2O2. The number of benzene rings is 2. The predicted octanol–water partition coefficient (Wildman–Crippen LogP) is 3.08. The highest BCUT2D eigenvalue weighted by molar-refractivity contribution is 6.30. The van der Waals surface area contributed by atoms with Gasteiger partial charge in [0.2, 0.25) is 0 Å². The standard InChI is InChI=1S/C16H15ClF2O2/c17-12-6-5-11(15(19)7-12)8-16(9-20,10-21)13-3-1-2-4-14(13)18/h1-7,20-21H,8-10H2. The molecule has 5 heteroatoms. The van der Waals surface area contributed by atoms with Gasteiger partial charge in [0.05, 0.1) is 13.2 Å². The van der Waals surface area contributed by atoms with Gasteiger partial charge in [-0.1, -0.05) is 35.9 Å². The van der Waals surface area contributed by atoms with Crippen molar-refractivity contribution in [1.82, 2.24) is 0 Å². The van der Waals surface area contributed by atoms with Gasteiger partial charge in [0.25, 0.3) is 0 Å². The number of halogens is 3. The van der Waals surface area contributed by atoms with E-state index in [1.807, 2.05) is 0 Å². The monoisotopic (exact) mass is 312 g/mol. The third-order valence-corrected chi connectivity index (χ3v) is 3.83. The Kier molecular flexibility index (Phi) is 4.93. The van der Waals surface area contributed by atoms with Crippen LogP contribution < -0.4 is 0 Å². The normalized spacial score (nSPS) is 11.7. The molecule has 112 valence electrons. The lowest BCUT2D eigenvalue weighted by Gasteiger charge is -2.31. The minimum atomic E-state index is -1.29. The van der Waals surface area contributed by atoms with Crippen molar-refractivity contribution in [2.75, 3.05) is 13.2 Å². The van der Waals surface area contributed by atoms with Crippen molar-refractivity contribution in [1.29, 1.82) is 0 Å². The van der Waals surface area contributed by atoms with Crippen molar-refractivity contribution in [3.05, 3.63) is 70.2 Å². The first-order valence-corrected chi connectivity index (χ1v) is 6.81. The molecule has 0 aromatic heterocycles. The van der Waals surface area contributed by atoms with Crippen LogP contribution in [-0.2, 0) is 11.8 Å². The van der Waals surface area contributed by atoms with Crippen LogP contribution in [0.5, 0.6) is 0 Å². The number of hydrogen-bond donors (Lipinski definition) is 2. The van der Waals surface area contributed by atoms with Gasteiger partial charge in [-0.05, 0) is 35.7 Å². The van der Waals surface area contributed by atoms with Crippen LogP contribution in [0.4, 0.5) is 8.78 Å². The molecule has 0 saturated heterocycles. The number of aliphatic hydroxyl groups excluding tert-OH is 2. The average molecular weight is 313 g/mol. The van der Waals surface area contributed by atoms with Crippen LogP contribution >= 0.6 is 11.6 Å². The lowest BCUT2D eigenvalue weighted by molar-refractivity contribution is 0.112. The molecule has 0 aliphatic carbocycles. The molecule has 2 nitrogen and oxygen atoms in total. The van der Waals surface area contributed by atoms with Crippen LogP contribution in [-0.4, -0.2) is 23.4 Å². The van der Waals surface area contributed by atoms with E-state index in [4.69, 9.17) is 11.6 Å². The van der Waals surface area contributed by atoms with Crippen LogP contribution in [0.25, 0.3) is 0 Å². The van der Waals surface area contributed by atoms with Crippen molar-refractivity contribution in [2.45, 2.75) is 11.8 Å². The summed E-state index contributed by atoms with van der Waals surface area (Å²) in [5.41, 5.74) is -0.880. The summed E-state index contributed by atoms with van der Waals surface area (Å²) in [5, 5.41) is 19.6. The van der Waals surface area contributed by atoms with Gasteiger partial charge < -0.3 is 10.2 Å². The highest BCUT2D eigenvalue weighted by atomic mass is 35.5. The van der Waals surface area contributed by atoms with E-state index in [9.17, 15) is 19.0 Å². The Morgan fingerprint density at radius 2 is 1.62 bits per heavy atom. The van der Waals surface area contributed by atoms with Crippen molar-refractivity contribution >= 4 is 11.6 Å². The molecular weight excluding hydrogens is 298 g/mol. The minimum absolute atomic E-state index is 0.0378. The second-order valence-electron chi connectivity index (χ2n) is 4.99. The zero-order valence-corrected chi connectivity index (χ0v) is 11.9. The highest BCUT2D eigenvalue weighted by Gasteiger charge is 2.34. The quantitative estimate of drug-likeness (QED) is 0.891. The molecule has 0 aliphatic heterocycles. The largest absolute Gasteiger partial charge is 0.395 e. The smallest absolute Gasteiger partial charge is 0.127 e. The number of hydrogen-bond acceptors (Lipinski definition) is 2. The lowest BCUT2D eigenvalue weighted by atomic mass is 9.76. The fraction of sp³-hybridized carbons (Fsp3) is 0.250. The summed E-state index contributed by atoms with van der Waals surface area (Å²) in [4.78, 5) is 0. The van der Waals surface area contributed by atoms with E-state index < -0.39 is 30.3 Å². The van der Waals surface area contributed by atoms with Gasteiger partial charge in [0, 0.05) is 10.4 Å². The molecule has 0 fully saturated rings. The average Bonchev–Trinajstić information content (AvgIpc) is 2.48. The van der Waals surface area contributed by atoms with E-state index >= 15 is 0 Å². The van der Waals surface area contributed by atoms with Gasteiger partial charge in [-0.3, -0.25) is 0 Å². The molecule has 2 rings (SSSR count). The molecule has 0 bridgehead atoms. The SMILES string of the molecule is OCC(CO)(Cc1ccc(Cl)cc1F)c1ccccc1F. The van der Waals surface area contributed by atoms with Crippen LogP contribution in [0, 0.1) is 11.6 Å². The highest BCUT2D eigenvalue weighted by Crippen LogP contribution is 2.31. The summed E-state index contributed by atoms with van der Waals surface area (Å²) in [5.74, 6) is -1.10. The lowest BCUT2D eigenvalue weighted by Crippen LogP contribution is -2.38. The molecule has 21 heavy (non-hydrogen) atoms. The molecule has 0 aliphatic rings. The summed E-state index contributed by atoms with van der Waals surface area (Å²) in [6.45, 7) is -1.01. The van der Waals surface area contributed by atoms with Gasteiger partial charge >= 0.3 is 0 Å². The van der Waals surface area contributed by atoms with E-state index in [1.165, 1.54) is 30.3 Å². The van der Waals surface area contributed by atoms with Gasteiger partial charge in [-0.25, -0.2) is 8.78 Å².